The summed E-state index contributed by atoms with van der Waals surface area (Å²) in [6, 6.07) is -3.27. The van der Waals surface area contributed by atoms with Gasteiger partial charge in [0.15, 0.2) is 0 Å². The van der Waals surface area contributed by atoms with Crippen molar-refractivity contribution in [2.24, 2.45) is 0 Å². The van der Waals surface area contributed by atoms with E-state index < -0.39 is 6.05 Å². The minimum Gasteiger partial charge on any atom is -0.186 e. The van der Waals surface area contributed by atoms with Gasteiger partial charge in [0.25, 0.3) is 0 Å². The number of hydrogen-bond donors (Lipinski definition) is 0. The van der Waals surface area contributed by atoms with Gasteiger partial charge in [0.05, 0.1) is 0 Å². The Morgan fingerprint density at radius 1 is 0.933 bits per heavy atom. The largest absolute Gasteiger partial charge is 0.329 e. The predicted octanol–water partition coefficient (Wildman–Crippen LogP) is 4.54. The Morgan fingerprint density at radius 2 is 1.47 bits per heavy atom. The van der Waals surface area contributed by atoms with Crippen molar-refractivity contribution < 1.29 is 13.3 Å². The number of alkyl halides is 2. The summed E-state index contributed by atoms with van der Waals surface area (Å²) in [6.07, 6.45) is 3.83. The zero-order valence-electron chi connectivity index (χ0n) is 9.74. The van der Waals surface area contributed by atoms with Crippen LogP contribution in [0.25, 0.3) is 0 Å². The topological polar surface area (TPSA) is 3.24 Å². The van der Waals surface area contributed by atoms with E-state index >= 15 is 0 Å². The van der Waals surface area contributed by atoms with Gasteiger partial charge >= 0.3 is 6.05 Å². The van der Waals surface area contributed by atoms with Gasteiger partial charge in [-0.3, -0.25) is 0 Å². The Morgan fingerprint density at radius 3 is 2.00 bits per heavy atom. The van der Waals surface area contributed by atoms with Crippen LogP contribution in [0, 0.1) is 0 Å². The lowest BCUT2D eigenvalue weighted by atomic mass is 10.2. The maximum atomic E-state index is 13.1. The van der Waals surface area contributed by atoms with Crippen molar-refractivity contribution in [1.82, 2.24) is 5.12 Å². The molecule has 0 aromatic carbocycles. The first-order chi connectivity index (χ1) is 7.04. The maximum Gasteiger partial charge on any atom is 0.329 e. The van der Waals surface area contributed by atoms with Gasteiger partial charge < -0.3 is 0 Å². The van der Waals surface area contributed by atoms with Gasteiger partial charge in [-0.25, -0.2) is 0 Å². The second-order valence-corrected chi connectivity index (χ2v) is 3.92. The Hall–Kier alpha value is -0.250. The lowest BCUT2D eigenvalue weighted by Crippen LogP contribution is -2.36. The van der Waals surface area contributed by atoms with E-state index in [0.717, 1.165) is 25.7 Å². The first-order valence-electron chi connectivity index (χ1n) is 5.85. The normalized spacial score (nSPS) is 12.4. The fraction of sp³-hybridized carbons (Fsp3) is 1.00. The molecule has 0 atom stereocenters. The van der Waals surface area contributed by atoms with E-state index in [1.165, 1.54) is 0 Å². The van der Waals surface area contributed by atoms with Crippen molar-refractivity contribution in [3.8, 4) is 0 Å². The van der Waals surface area contributed by atoms with Crippen LogP contribution < -0.4 is 0 Å². The summed E-state index contributed by atoms with van der Waals surface area (Å²) in [5, 5.41) is -0.293. The lowest BCUT2D eigenvalue weighted by Gasteiger charge is -2.22. The molecule has 92 valence electrons. The van der Waals surface area contributed by atoms with Crippen LogP contribution in [0.2, 0.25) is 0 Å². The van der Waals surface area contributed by atoms with Crippen LogP contribution >= 0.6 is 0 Å². The van der Waals surface area contributed by atoms with Crippen LogP contribution in [0.5, 0.6) is 0 Å². The average Bonchev–Trinajstić information content (AvgIpc) is 2.18. The van der Waals surface area contributed by atoms with Crippen LogP contribution in [-0.4, -0.2) is 17.7 Å². The van der Waals surface area contributed by atoms with E-state index in [2.05, 4.69) is 0 Å². The molecule has 0 aromatic rings. The number of nitrogens with zero attached hydrogens (tertiary/aromatic N) is 1. The zero-order chi connectivity index (χ0) is 11.7. The molecule has 0 amide bonds. The van der Waals surface area contributed by atoms with Gasteiger partial charge in [0, 0.05) is 13.0 Å². The van der Waals surface area contributed by atoms with Crippen molar-refractivity contribution in [2.45, 2.75) is 64.8 Å². The summed E-state index contributed by atoms with van der Waals surface area (Å²) in [6.45, 7) is 3.74. The Bertz CT molecular complexity index is 151. The highest BCUT2D eigenvalue weighted by Crippen LogP contribution is 2.27. The predicted molar refractivity (Wildman–Crippen MR) is 56.4 cm³/mol. The van der Waals surface area contributed by atoms with Gasteiger partial charge in [0.1, 0.15) is 0 Å². The molecule has 15 heavy (non-hydrogen) atoms. The minimum atomic E-state index is -3.27. The Balaban J connectivity index is 3.74. The van der Waals surface area contributed by atoms with Gasteiger partial charge in [-0.05, 0) is 12.8 Å². The van der Waals surface area contributed by atoms with E-state index in [9.17, 15) is 13.3 Å². The molecular weight excluding hydrogens is 203 g/mol. The van der Waals surface area contributed by atoms with E-state index in [1.54, 1.807) is 0 Å². The molecule has 0 rings (SSSR count). The number of halogens is 3. The fourth-order valence-electron chi connectivity index (χ4n) is 1.37. The summed E-state index contributed by atoms with van der Waals surface area (Å²) in [5.41, 5.74) is 0. The maximum absolute atomic E-state index is 13.1. The molecule has 1 nitrogen and oxygen atoms in total. The van der Waals surface area contributed by atoms with Crippen LogP contribution in [-0.2, 0) is 0 Å². The molecule has 0 radical (unpaired) electrons. The quantitative estimate of drug-likeness (QED) is 0.316. The van der Waals surface area contributed by atoms with Gasteiger partial charge in [-0.2, -0.15) is 8.78 Å². The molecule has 4 heteroatoms. The standard InChI is InChI=1S/C11H22F3N/c1-3-5-7-9-11(12,13)15(14)10-8-6-4-2/h3-10H2,1-2H3. The number of unbranched alkanes of at least 4 members (excludes halogenated alkanes) is 4. The van der Waals surface area contributed by atoms with Crippen molar-refractivity contribution >= 4 is 0 Å². The molecule has 0 saturated carbocycles. The third-order valence-electron chi connectivity index (χ3n) is 2.39. The van der Waals surface area contributed by atoms with Crippen molar-refractivity contribution in [3.63, 3.8) is 0 Å². The molecule has 0 saturated heterocycles. The minimum absolute atomic E-state index is 0.160. The lowest BCUT2D eigenvalue weighted by molar-refractivity contribution is -0.239. The van der Waals surface area contributed by atoms with Crippen LogP contribution in [0.3, 0.4) is 0 Å². The van der Waals surface area contributed by atoms with E-state index in [-0.39, 0.29) is 18.1 Å². The molecule has 0 aliphatic carbocycles. The molecule has 0 heterocycles. The van der Waals surface area contributed by atoms with Crippen molar-refractivity contribution in [3.05, 3.63) is 0 Å². The van der Waals surface area contributed by atoms with E-state index in [0.29, 0.717) is 12.8 Å². The third-order valence-corrected chi connectivity index (χ3v) is 2.39. The Kier molecular flexibility index (Phi) is 7.83. The summed E-state index contributed by atoms with van der Waals surface area (Å²) >= 11 is 0. The smallest absolute Gasteiger partial charge is 0.186 e. The molecule has 0 bridgehead atoms. The zero-order valence-corrected chi connectivity index (χ0v) is 9.74. The molecule has 0 aromatic heterocycles. The second-order valence-electron chi connectivity index (χ2n) is 3.92. The van der Waals surface area contributed by atoms with Crippen LogP contribution in [0.1, 0.15) is 58.8 Å². The molecule has 0 N–H and O–H groups in total. The van der Waals surface area contributed by atoms with Crippen molar-refractivity contribution in [2.75, 3.05) is 6.54 Å². The molecule has 0 aliphatic rings. The van der Waals surface area contributed by atoms with Gasteiger partial charge in [-0.1, -0.05) is 44.7 Å². The summed E-state index contributed by atoms with van der Waals surface area (Å²) in [5.74, 6) is 0. The van der Waals surface area contributed by atoms with Gasteiger partial charge in [-0.15, -0.1) is 4.48 Å². The van der Waals surface area contributed by atoms with E-state index in [4.69, 9.17) is 0 Å². The van der Waals surface area contributed by atoms with Gasteiger partial charge in [0.2, 0.25) is 0 Å². The Labute approximate surface area is 90.6 Å². The van der Waals surface area contributed by atoms with Crippen LogP contribution in [0.4, 0.5) is 13.3 Å². The summed E-state index contributed by atoms with van der Waals surface area (Å²) in [7, 11) is 0. The number of rotatable bonds is 9. The third kappa shape index (κ3) is 6.77. The first kappa shape index (κ1) is 14.8. The molecule has 0 aliphatic heterocycles. The molecule has 0 unspecified atom stereocenters. The first-order valence-corrected chi connectivity index (χ1v) is 5.85. The summed E-state index contributed by atoms with van der Waals surface area (Å²) in [4.78, 5) is 0. The second kappa shape index (κ2) is 7.97. The molecule has 0 spiro atoms. The average molecular weight is 225 g/mol. The highest BCUT2D eigenvalue weighted by molar-refractivity contribution is 4.62. The highest BCUT2D eigenvalue weighted by Gasteiger charge is 2.36. The summed E-state index contributed by atoms with van der Waals surface area (Å²) < 4.78 is 39.3. The SMILES string of the molecule is CCCCCN(F)C(F)(F)CCCCC. The highest BCUT2D eigenvalue weighted by atomic mass is 19.3. The number of hydrogen-bond acceptors (Lipinski definition) is 1. The van der Waals surface area contributed by atoms with Crippen molar-refractivity contribution in [1.29, 1.82) is 0 Å². The van der Waals surface area contributed by atoms with Crippen LogP contribution in [0.15, 0.2) is 0 Å². The monoisotopic (exact) mass is 225 g/mol. The molecule has 0 fully saturated rings. The fourth-order valence-corrected chi connectivity index (χ4v) is 1.37. The van der Waals surface area contributed by atoms with E-state index in [1.807, 2.05) is 13.8 Å². The molecular formula is C11H22F3N.